The average Bonchev–Trinajstić information content (AvgIpc) is 2.78. The predicted molar refractivity (Wildman–Crippen MR) is 121 cm³/mol. The van der Waals surface area contributed by atoms with Crippen molar-refractivity contribution in [2.45, 2.75) is 51.9 Å². The molecule has 0 saturated carbocycles. The number of rotatable bonds is 28. The number of unbranched alkanes of at least 4 members (excludes halogenated alkanes) is 5. The van der Waals surface area contributed by atoms with Gasteiger partial charge in [0.05, 0.1) is 92.3 Å². The minimum Gasteiger partial charge on any atom is -0.481 e. The number of carboxylic acid groups (broad SMARTS) is 1. The maximum atomic E-state index is 10.3. The molecule has 0 rings (SSSR count). The van der Waals surface area contributed by atoms with E-state index in [9.17, 15) is 4.79 Å². The summed E-state index contributed by atoms with van der Waals surface area (Å²) in [6.07, 6.45) is 7.68. The minimum atomic E-state index is -0.864. The third-order valence-electron chi connectivity index (χ3n) is 4.33. The highest BCUT2D eigenvalue weighted by Gasteiger charge is 1.97. The largest absolute Gasteiger partial charge is 0.481 e. The zero-order valence-corrected chi connectivity index (χ0v) is 20.1. The van der Waals surface area contributed by atoms with Gasteiger partial charge < -0.3 is 38.3 Å². The maximum Gasteiger partial charge on any atom is 0.305 e. The third kappa shape index (κ3) is 29.2. The van der Waals surface area contributed by atoms with Crippen molar-refractivity contribution in [3.05, 3.63) is 0 Å². The Balaban J connectivity index is 3.00. The summed E-state index contributed by atoms with van der Waals surface area (Å²) in [4.78, 5) is 10.3. The molecule has 0 aromatic carbocycles. The molecule has 192 valence electrons. The van der Waals surface area contributed by atoms with Crippen molar-refractivity contribution in [2.75, 3.05) is 92.5 Å². The molecule has 0 fully saturated rings. The molecule has 0 unspecified atom stereocenters. The monoisotopic (exact) mass is 466 g/mol. The highest BCUT2D eigenvalue weighted by Crippen LogP contribution is 2.04. The number of aliphatic carboxylic acids is 1. The Bertz CT molecular complexity index is 369. The van der Waals surface area contributed by atoms with Crippen LogP contribution in [0.2, 0.25) is 0 Å². The first-order valence-corrected chi connectivity index (χ1v) is 12.0. The second-order valence-electron chi connectivity index (χ2n) is 7.20. The molecule has 0 aliphatic carbocycles. The molecule has 0 heterocycles. The molecule has 0 amide bonds. The first-order chi connectivity index (χ1) is 15.8. The summed E-state index contributed by atoms with van der Waals surface area (Å²) >= 11 is 0. The van der Waals surface area contributed by atoms with Crippen LogP contribution in [-0.4, -0.2) is 104 Å². The molecule has 1 N–H and O–H groups in total. The zero-order chi connectivity index (χ0) is 23.4. The maximum absolute atomic E-state index is 10.3. The quantitative estimate of drug-likeness (QED) is 0.174. The van der Waals surface area contributed by atoms with Gasteiger partial charge in [-0.3, -0.25) is 4.79 Å². The second kappa shape index (κ2) is 28.2. The van der Waals surface area contributed by atoms with Crippen LogP contribution < -0.4 is 0 Å². The van der Waals surface area contributed by atoms with Crippen molar-refractivity contribution >= 4 is 5.97 Å². The standard InChI is InChI=1S/C23H46O9/c1-2-3-4-5-6-7-9-26-11-13-28-15-17-30-19-21-32-22-20-31-18-16-29-14-12-27-10-8-23(24)25/h2-22H2,1H3,(H,24,25). The van der Waals surface area contributed by atoms with E-state index in [1.165, 1.54) is 32.1 Å². The van der Waals surface area contributed by atoms with Crippen LogP contribution >= 0.6 is 0 Å². The van der Waals surface area contributed by atoms with Gasteiger partial charge in [0.1, 0.15) is 0 Å². The van der Waals surface area contributed by atoms with Crippen LogP contribution in [0.25, 0.3) is 0 Å². The Morgan fingerprint density at radius 2 is 0.781 bits per heavy atom. The van der Waals surface area contributed by atoms with Gasteiger partial charge in [0.15, 0.2) is 0 Å². The van der Waals surface area contributed by atoms with Gasteiger partial charge in [0.2, 0.25) is 0 Å². The number of hydrogen-bond acceptors (Lipinski definition) is 8. The van der Waals surface area contributed by atoms with Gasteiger partial charge in [-0.15, -0.1) is 0 Å². The Kier molecular flexibility index (Phi) is 27.5. The fourth-order valence-corrected chi connectivity index (χ4v) is 2.57. The van der Waals surface area contributed by atoms with E-state index in [0.29, 0.717) is 79.3 Å². The van der Waals surface area contributed by atoms with Gasteiger partial charge >= 0.3 is 5.97 Å². The summed E-state index contributed by atoms with van der Waals surface area (Å²) in [5.41, 5.74) is 0. The lowest BCUT2D eigenvalue weighted by molar-refractivity contribution is -0.138. The zero-order valence-electron chi connectivity index (χ0n) is 20.1. The lowest BCUT2D eigenvalue weighted by Gasteiger charge is -2.08. The fourth-order valence-electron chi connectivity index (χ4n) is 2.57. The molecule has 0 aromatic rings. The first kappa shape index (κ1) is 31.2. The van der Waals surface area contributed by atoms with Crippen molar-refractivity contribution < 1.29 is 43.1 Å². The van der Waals surface area contributed by atoms with Crippen molar-refractivity contribution in [3.63, 3.8) is 0 Å². The lowest BCUT2D eigenvalue weighted by Crippen LogP contribution is -2.14. The summed E-state index contributed by atoms with van der Waals surface area (Å²) in [5.74, 6) is -0.864. The van der Waals surface area contributed by atoms with Crippen molar-refractivity contribution in [1.82, 2.24) is 0 Å². The topological polar surface area (TPSA) is 102 Å². The predicted octanol–water partition coefficient (Wildman–Crippen LogP) is 2.94. The molecule has 0 radical (unpaired) electrons. The number of carboxylic acids is 1. The smallest absolute Gasteiger partial charge is 0.305 e. The fraction of sp³-hybridized carbons (Fsp3) is 0.957. The van der Waals surface area contributed by atoms with Gasteiger partial charge in [-0.2, -0.15) is 0 Å². The Labute approximate surface area is 194 Å². The molecule has 0 saturated heterocycles. The number of hydrogen-bond donors (Lipinski definition) is 1. The van der Waals surface area contributed by atoms with Crippen LogP contribution in [0.5, 0.6) is 0 Å². The van der Waals surface area contributed by atoms with E-state index < -0.39 is 5.97 Å². The summed E-state index contributed by atoms with van der Waals surface area (Å²) in [6.45, 7) is 9.44. The summed E-state index contributed by atoms with van der Waals surface area (Å²) in [5, 5.41) is 8.45. The molecular weight excluding hydrogens is 420 g/mol. The van der Waals surface area contributed by atoms with Crippen molar-refractivity contribution in [1.29, 1.82) is 0 Å². The van der Waals surface area contributed by atoms with E-state index >= 15 is 0 Å². The van der Waals surface area contributed by atoms with E-state index in [2.05, 4.69) is 6.92 Å². The van der Waals surface area contributed by atoms with Gasteiger partial charge in [-0.25, -0.2) is 0 Å². The lowest BCUT2D eigenvalue weighted by atomic mass is 10.1. The Morgan fingerprint density at radius 1 is 0.469 bits per heavy atom. The molecule has 0 bridgehead atoms. The molecule has 0 spiro atoms. The van der Waals surface area contributed by atoms with Crippen LogP contribution in [0.3, 0.4) is 0 Å². The molecule has 32 heavy (non-hydrogen) atoms. The van der Waals surface area contributed by atoms with Gasteiger partial charge in [0, 0.05) is 6.61 Å². The molecule has 0 aliphatic rings. The normalized spacial score (nSPS) is 11.3. The summed E-state index contributed by atoms with van der Waals surface area (Å²) in [7, 11) is 0. The molecule has 0 aromatic heterocycles. The van der Waals surface area contributed by atoms with E-state index in [4.69, 9.17) is 38.3 Å². The highest BCUT2D eigenvalue weighted by atomic mass is 16.6. The second-order valence-corrected chi connectivity index (χ2v) is 7.20. The molecule has 9 heteroatoms. The SMILES string of the molecule is CCCCCCCCOCCOCCOCCOCCOCCOCCOCCC(=O)O. The summed E-state index contributed by atoms with van der Waals surface area (Å²) in [6, 6.07) is 0. The Morgan fingerprint density at radius 3 is 1.16 bits per heavy atom. The van der Waals surface area contributed by atoms with Crippen LogP contribution in [0.1, 0.15) is 51.9 Å². The molecule has 0 atom stereocenters. The van der Waals surface area contributed by atoms with Crippen LogP contribution in [-0.2, 0) is 38.0 Å². The first-order valence-electron chi connectivity index (χ1n) is 12.0. The summed E-state index contributed by atoms with van der Waals surface area (Å²) < 4.78 is 37.7. The van der Waals surface area contributed by atoms with Crippen molar-refractivity contribution in [2.24, 2.45) is 0 Å². The van der Waals surface area contributed by atoms with Gasteiger partial charge in [-0.1, -0.05) is 39.0 Å². The van der Waals surface area contributed by atoms with Crippen LogP contribution in [0.4, 0.5) is 0 Å². The van der Waals surface area contributed by atoms with Crippen LogP contribution in [0.15, 0.2) is 0 Å². The van der Waals surface area contributed by atoms with Gasteiger partial charge in [0.25, 0.3) is 0 Å². The number of carbonyl (C=O) groups is 1. The Hall–Kier alpha value is -0.810. The minimum absolute atomic E-state index is 0.0107. The average molecular weight is 467 g/mol. The molecule has 9 nitrogen and oxygen atoms in total. The molecular formula is C23H46O9. The van der Waals surface area contributed by atoms with Crippen LogP contribution in [0, 0.1) is 0 Å². The van der Waals surface area contributed by atoms with E-state index in [1.54, 1.807) is 0 Å². The number of ether oxygens (including phenoxy) is 7. The van der Waals surface area contributed by atoms with E-state index in [0.717, 1.165) is 13.0 Å². The molecule has 0 aliphatic heterocycles. The van der Waals surface area contributed by atoms with Crippen molar-refractivity contribution in [3.8, 4) is 0 Å². The van der Waals surface area contributed by atoms with Gasteiger partial charge in [-0.05, 0) is 6.42 Å². The highest BCUT2D eigenvalue weighted by molar-refractivity contribution is 5.66. The third-order valence-corrected chi connectivity index (χ3v) is 4.33. The van der Waals surface area contributed by atoms with E-state index in [1.807, 2.05) is 0 Å². The van der Waals surface area contributed by atoms with E-state index in [-0.39, 0.29) is 13.0 Å².